The molecule has 0 saturated carbocycles. The van der Waals surface area contributed by atoms with Gasteiger partial charge in [-0.2, -0.15) is 0 Å². The number of carboxylic acid groups (broad SMARTS) is 1. The van der Waals surface area contributed by atoms with Crippen LogP contribution in [0.1, 0.15) is 44.2 Å². The number of carbonyl (C=O) groups excluding carboxylic acids is 2. The third-order valence-corrected chi connectivity index (χ3v) is 6.40. The Morgan fingerprint density at radius 2 is 1.65 bits per heavy atom. The van der Waals surface area contributed by atoms with Crippen LogP contribution in [-0.4, -0.2) is 54.5 Å². The van der Waals surface area contributed by atoms with Crippen molar-refractivity contribution in [1.29, 1.82) is 0 Å². The number of rotatable bonds is 6. The average Bonchev–Trinajstić information content (AvgIpc) is 3.38. The van der Waals surface area contributed by atoms with Gasteiger partial charge in [-0.15, -0.1) is 0 Å². The number of benzene rings is 2. The van der Waals surface area contributed by atoms with Gasteiger partial charge >= 0.3 is 12.1 Å². The summed E-state index contributed by atoms with van der Waals surface area (Å²) >= 11 is 0. The first-order valence-corrected chi connectivity index (χ1v) is 11.4. The highest BCUT2D eigenvalue weighted by molar-refractivity contribution is 5.87. The van der Waals surface area contributed by atoms with E-state index in [-0.39, 0.29) is 19.1 Å². The minimum absolute atomic E-state index is 0.0907. The maximum atomic E-state index is 13.0. The van der Waals surface area contributed by atoms with Gasteiger partial charge in [-0.1, -0.05) is 69.3 Å². The summed E-state index contributed by atoms with van der Waals surface area (Å²) in [5.74, 6) is -1.69. The molecule has 0 spiro atoms. The van der Waals surface area contributed by atoms with Crippen LogP contribution in [0.5, 0.6) is 0 Å². The number of nitrogens with one attached hydrogen (secondary N) is 2. The van der Waals surface area contributed by atoms with Crippen molar-refractivity contribution in [2.75, 3.05) is 13.2 Å². The fourth-order valence-corrected chi connectivity index (χ4v) is 4.68. The quantitative estimate of drug-likeness (QED) is 0.602. The zero-order valence-electron chi connectivity index (χ0n) is 19.5. The summed E-state index contributed by atoms with van der Waals surface area (Å²) in [6.07, 6.45) is -1.40. The Bertz CT molecular complexity index is 1050. The van der Waals surface area contributed by atoms with Crippen LogP contribution in [0, 0.1) is 5.41 Å². The predicted molar refractivity (Wildman–Crippen MR) is 125 cm³/mol. The number of carboxylic acids is 1. The molecule has 0 radical (unpaired) electrons. The molecule has 2 aromatic rings. The van der Waals surface area contributed by atoms with Crippen LogP contribution in [-0.2, 0) is 19.1 Å². The van der Waals surface area contributed by atoms with E-state index < -0.39 is 41.6 Å². The van der Waals surface area contributed by atoms with E-state index in [1.807, 2.05) is 57.2 Å². The van der Waals surface area contributed by atoms with Crippen LogP contribution in [0.15, 0.2) is 48.5 Å². The van der Waals surface area contributed by atoms with Gasteiger partial charge in [0.05, 0.1) is 6.04 Å². The third-order valence-electron chi connectivity index (χ3n) is 6.40. The molecule has 4 rings (SSSR count). The molecule has 1 fully saturated rings. The van der Waals surface area contributed by atoms with Crippen molar-refractivity contribution < 1.29 is 29.0 Å². The summed E-state index contributed by atoms with van der Waals surface area (Å²) in [5, 5.41) is 14.7. The van der Waals surface area contributed by atoms with Crippen molar-refractivity contribution in [3.05, 3.63) is 59.7 Å². The summed E-state index contributed by atoms with van der Waals surface area (Å²) in [6.45, 7) is 5.85. The summed E-state index contributed by atoms with van der Waals surface area (Å²) in [7, 11) is 0. The van der Waals surface area contributed by atoms with Crippen molar-refractivity contribution in [3.8, 4) is 11.1 Å². The maximum absolute atomic E-state index is 13.0. The molecule has 1 aliphatic heterocycles. The molecule has 3 atom stereocenters. The molecular weight excluding hydrogens is 436 g/mol. The maximum Gasteiger partial charge on any atom is 0.407 e. The van der Waals surface area contributed by atoms with Crippen LogP contribution in [0.3, 0.4) is 0 Å². The number of ether oxygens (including phenoxy) is 2. The number of aliphatic carboxylic acids is 1. The molecule has 8 heteroatoms. The molecule has 1 aliphatic carbocycles. The third kappa shape index (κ3) is 4.77. The van der Waals surface area contributed by atoms with Gasteiger partial charge in [0.25, 0.3) is 0 Å². The van der Waals surface area contributed by atoms with E-state index >= 15 is 0 Å². The molecule has 2 aliphatic rings. The van der Waals surface area contributed by atoms with Crippen molar-refractivity contribution in [2.24, 2.45) is 5.41 Å². The molecule has 0 aromatic heterocycles. The largest absolute Gasteiger partial charge is 0.479 e. The highest BCUT2D eigenvalue weighted by Gasteiger charge is 2.40. The normalized spacial score (nSPS) is 20.2. The van der Waals surface area contributed by atoms with Crippen LogP contribution >= 0.6 is 0 Å². The van der Waals surface area contributed by atoms with Gasteiger partial charge in [-0.3, -0.25) is 4.79 Å². The Morgan fingerprint density at radius 1 is 1.06 bits per heavy atom. The van der Waals surface area contributed by atoms with Crippen LogP contribution in [0.25, 0.3) is 11.1 Å². The van der Waals surface area contributed by atoms with E-state index in [9.17, 15) is 19.5 Å². The lowest BCUT2D eigenvalue weighted by molar-refractivity contribution is -0.148. The minimum Gasteiger partial charge on any atom is -0.479 e. The predicted octanol–water partition coefficient (Wildman–Crippen LogP) is 3.30. The zero-order valence-corrected chi connectivity index (χ0v) is 19.5. The van der Waals surface area contributed by atoms with Crippen molar-refractivity contribution in [3.63, 3.8) is 0 Å². The second kappa shape index (κ2) is 9.46. The van der Waals surface area contributed by atoms with Gasteiger partial charge in [0.1, 0.15) is 12.6 Å². The Balaban J connectivity index is 1.42. The molecule has 2 amide bonds. The average molecular weight is 467 g/mol. The van der Waals surface area contributed by atoms with E-state index in [0.29, 0.717) is 6.42 Å². The Labute approximate surface area is 198 Å². The summed E-state index contributed by atoms with van der Waals surface area (Å²) in [4.78, 5) is 37.1. The lowest BCUT2D eigenvalue weighted by Crippen LogP contribution is -2.57. The molecule has 8 nitrogen and oxygen atoms in total. The molecule has 180 valence electrons. The smallest absolute Gasteiger partial charge is 0.407 e. The summed E-state index contributed by atoms with van der Waals surface area (Å²) in [6, 6.07) is 14.5. The number of hydrogen-bond acceptors (Lipinski definition) is 5. The van der Waals surface area contributed by atoms with Gasteiger partial charge in [0, 0.05) is 12.5 Å². The number of amides is 2. The van der Waals surface area contributed by atoms with E-state index in [1.54, 1.807) is 0 Å². The second-order valence-corrected chi connectivity index (χ2v) is 9.80. The van der Waals surface area contributed by atoms with E-state index in [4.69, 9.17) is 9.47 Å². The fraction of sp³-hybridized carbons (Fsp3) is 0.423. The Hall–Kier alpha value is -3.39. The molecule has 1 heterocycles. The van der Waals surface area contributed by atoms with Crippen LogP contribution in [0.4, 0.5) is 4.79 Å². The monoisotopic (exact) mass is 466 g/mol. The number of hydrogen-bond donors (Lipinski definition) is 3. The lowest BCUT2D eigenvalue weighted by atomic mass is 9.86. The van der Waals surface area contributed by atoms with E-state index in [1.165, 1.54) is 0 Å². The minimum atomic E-state index is -1.13. The van der Waals surface area contributed by atoms with Crippen molar-refractivity contribution >= 4 is 18.0 Å². The molecule has 1 saturated heterocycles. The fourth-order valence-electron chi connectivity index (χ4n) is 4.68. The van der Waals surface area contributed by atoms with Crippen LogP contribution in [0.2, 0.25) is 0 Å². The Morgan fingerprint density at radius 3 is 2.21 bits per heavy atom. The molecule has 2 aromatic carbocycles. The first kappa shape index (κ1) is 23.8. The summed E-state index contributed by atoms with van der Waals surface area (Å²) < 4.78 is 10.8. The molecule has 34 heavy (non-hydrogen) atoms. The standard InChI is InChI=1S/C26H30N2O6/c1-26(2,3)22(23(29)27-20-12-13-33-21(20)24(30)31)28-25(32)34-14-19-17-10-6-4-8-15(17)16-9-5-7-11-18(16)19/h4-11,19-22H,12-14H2,1-3H3,(H,27,29)(H,28,32)(H,30,31)/t20?,21?,22-/m0/s1. The van der Waals surface area contributed by atoms with Crippen molar-refractivity contribution in [2.45, 2.75) is 51.3 Å². The second-order valence-electron chi connectivity index (χ2n) is 9.80. The highest BCUT2D eigenvalue weighted by Crippen LogP contribution is 2.44. The Kier molecular flexibility index (Phi) is 6.61. The van der Waals surface area contributed by atoms with Crippen LogP contribution < -0.4 is 10.6 Å². The first-order chi connectivity index (χ1) is 16.2. The SMILES string of the molecule is CC(C)(C)[C@@H](NC(=O)OCC1c2ccccc2-c2ccccc21)C(=O)NC1CCOC1C(=O)O. The van der Waals surface area contributed by atoms with Gasteiger partial charge in [-0.25, -0.2) is 9.59 Å². The van der Waals surface area contributed by atoms with E-state index in [2.05, 4.69) is 22.8 Å². The molecule has 0 bridgehead atoms. The molecule has 2 unspecified atom stereocenters. The number of alkyl carbamates (subject to hydrolysis) is 1. The van der Waals surface area contributed by atoms with E-state index in [0.717, 1.165) is 22.3 Å². The number of fused-ring (bicyclic) bond motifs is 3. The van der Waals surface area contributed by atoms with Crippen molar-refractivity contribution in [1.82, 2.24) is 10.6 Å². The first-order valence-electron chi connectivity index (χ1n) is 11.4. The number of carbonyl (C=O) groups is 3. The van der Waals surface area contributed by atoms with Gasteiger partial charge in [0.2, 0.25) is 5.91 Å². The zero-order chi connectivity index (χ0) is 24.5. The van der Waals surface area contributed by atoms with Gasteiger partial charge < -0.3 is 25.2 Å². The summed E-state index contributed by atoms with van der Waals surface area (Å²) in [5.41, 5.74) is 3.83. The molecule has 3 N–H and O–H groups in total. The van der Waals surface area contributed by atoms with Gasteiger partial charge in [-0.05, 0) is 34.1 Å². The molecular formula is C26H30N2O6. The van der Waals surface area contributed by atoms with Gasteiger partial charge in [0.15, 0.2) is 6.10 Å². The topological polar surface area (TPSA) is 114 Å². The highest BCUT2D eigenvalue weighted by atomic mass is 16.5. The lowest BCUT2D eigenvalue weighted by Gasteiger charge is -2.31.